The molecule has 0 fully saturated rings. The Hall–Kier alpha value is -1.06. The van der Waals surface area contributed by atoms with Gasteiger partial charge in [0.2, 0.25) is 0 Å². The van der Waals surface area contributed by atoms with Crippen molar-refractivity contribution in [1.82, 2.24) is 0 Å². The van der Waals surface area contributed by atoms with Crippen LogP contribution in [-0.4, -0.2) is 25.2 Å². The lowest BCUT2D eigenvalue weighted by atomic mass is 9.90. The van der Waals surface area contributed by atoms with E-state index >= 15 is 0 Å². The minimum atomic E-state index is -0.0113. The molecule has 0 spiro atoms. The molecule has 2 atom stereocenters. The first-order chi connectivity index (χ1) is 18.2. The van der Waals surface area contributed by atoms with Gasteiger partial charge in [-0.05, 0) is 56.3 Å². The predicted octanol–water partition coefficient (Wildman–Crippen LogP) is 10.5. The van der Waals surface area contributed by atoms with Gasteiger partial charge in [-0.3, -0.25) is 9.59 Å². The van der Waals surface area contributed by atoms with E-state index in [2.05, 4.69) is 34.6 Å². The molecule has 2 unspecified atom stereocenters. The molecule has 226 valence electrons. The molecule has 4 nitrogen and oxygen atoms in total. The summed E-state index contributed by atoms with van der Waals surface area (Å²) in [6.45, 7) is 14.2. The van der Waals surface area contributed by atoms with Crippen LogP contribution >= 0.6 is 0 Å². The summed E-state index contributed by atoms with van der Waals surface area (Å²) in [5.74, 6) is 1.76. The van der Waals surface area contributed by atoms with Gasteiger partial charge >= 0.3 is 11.9 Å². The molecule has 4 heteroatoms. The van der Waals surface area contributed by atoms with Crippen molar-refractivity contribution in [3.8, 4) is 0 Å². The van der Waals surface area contributed by atoms with Crippen LogP contribution in [0.25, 0.3) is 0 Å². The van der Waals surface area contributed by atoms with E-state index < -0.39 is 0 Å². The predicted molar refractivity (Wildman–Crippen MR) is 162 cm³/mol. The van der Waals surface area contributed by atoms with Crippen LogP contribution in [0, 0.1) is 23.7 Å². The molecule has 0 radical (unpaired) electrons. The number of rotatable bonds is 27. The molecule has 0 aliphatic carbocycles. The van der Waals surface area contributed by atoms with Gasteiger partial charge in [0.05, 0.1) is 19.1 Å². The Morgan fingerprint density at radius 2 is 0.868 bits per heavy atom. The first-order valence-electron chi connectivity index (χ1n) is 16.6. The van der Waals surface area contributed by atoms with Crippen molar-refractivity contribution in [1.29, 1.82) is 0 Å². The maximum absolute atomic E-state index is 12.2. The molecule has 0 aliphatic rings. The molecule has 0 aromatic rings. The third kappa shape index (κ3) is 25.2. The van der Waals surface area contributed by atoms with E-state index in [1.807, 2.05) is 6.92 Å². The molecule has 0 heterocycles. The fraction of sp³-hybridized carbons (Fsp3) is 0.941. The SMILES string of the molecule is CC(C)CCCOC(=O)CCCCCCCCCCCCCCCCC(C)C(C)C(=O)OCCCC(C)C. The number of hydrogen-bond donors (Lipinski definition) is 0. The van der Waals surface area contributed by atoms with E-state index in [-0.39, 0.29) is 17.9 Å². The average Bonchev–Trinajstić information content (AvgIpc) is 2.87. The number of unbranched alkanes of at least 4 members (excludes halogenated alkanes) is 13. The molecule has 0 saturated heterocycles. The number of hydrogen-bond acceptors (Lipinski definition) is 4. The second kappa shape index (κ2) is 26.2. The lowest BCUT2D eigenvalue weighted by Crippen LogP contribution is -2.22. The van der Waals surface area contributed by atoms with Crippen LogP contribution in [0.5, 0.6) is 0 Å². The van der Waals surface area contributed by atoms with E-state index in [1.54, 1.807) is 0 Å². The Balaban J connectivity index is 3.38. The van der Waals surface area contributed by atoms with Crippen molar-refractivity contribution in [3.05, 3.63) is 0 Å². The lowest BCUT2D eigenvalue weighted by Gasteiger charge is -2.18. The number of esters is 2. The van der Waals surface area contributed by atoms with Gasteiger partial charge in [0.1, 0.15) is 0 Å². The monoisotopic (exact) mass is 538 g/mol. The smallest absolute Gasteiger partial charge is 0.308 e. The van der Waals surface area contributed by atoms with Gasteiger partial charge in [0, 0.05) is 6.42 Å². The zero-order chi connectivity index (χ0) is 28.4. The van der Waals surface area contributed by atoms with E-state index in [1.165, 1.54) is 77.0 Å². The highest BCUT2D eigenvalue weighted by atomic mass is 16.5. The van der Waals surface area contributed by atoms with E-state index in [9.17, 15) is 9.59 Å². The van der Waals surface area contributed by atoms with Crippen molar-refractivity contribution in [3.63, 3.8) is 0 Å². The molecule has 0 aromatic carbocycles. The van der Waals surface area contributed by atoms with Crippen LogP contribution in [0.1, 0.15) is 170 Å². The summed E-state index contributed by atoms with van der Waals surface area (Å²) >= 11 is 0. The Bertz CT molecular complexity index is 543. The molecule has 0 bridgehead atoms. The van der Waals surface area contributed by atoms with E-state index in [0.29, 0.717) is 37.4 Å². The quantitative estimate of drug-likeness (QED) is 0.0771. The molecular formula is C34H66O4. The zero-order valence-electron chi connectivity index (χ0n) is 26.5. The van der Waals surface area contributed by atoms with Crippen molar-refractivity contribution in [2.45, 2.75) is 170 Å². The van der Waals surface area contributed by atoms with Gasteiger partial charge in [-0.1, -0.05) is 125 Å². The summed E-state index contributed by atoms with van der Waals surface area (Å²) in [6.07, 6.45) is 24.0. The Morgan fingerprint density at radius 1 is 0.474 bits per heavy atom. The lowest BCUT2D eigenvalue weighted by molar-refractivity contribution is -0.150. The second-order valence-electron chi connectivity index (χ2n) is 12.7. The maximum atomic E-state index is 12.2. The maximum Gasteiger partial charge on any atom is 0.308 e. The number of carbonyl (C=O) groups is 2. The van der Waals surface area contributed by atoms with Crippen LogP contribution in [-0.2, 0) is 19.1 Å². The second-order valence-corrected chi connectivity index (χ2v) is 12.7. The van der Waals surface area contributed by atoms with Crippen molar-refractivity contribution < 1.29 is 19.1 Å². The molecule has 38 heavy (non-hydrogen) atoms. The van der Waals surface area contributed by atoms with Crippen LogP contribution < -0.4 is 0 Å². The molecule has 0 N–H and O–H groups in total. The summed E-state index contributed by atoms with van der Waals surface area (Å²) in [4.78, 5) is 23.9. The number of carbonyl (C=O) groups excluding carboxylic acids is 2. The van der Waals surface area contributed by atoms with Crippen LogP contribution in [0.15, 0.2) is 0 Å². The normalized spacial score (nSPS) is 13.2. The molecular weight excluding hydrogens is 472 g/mol. The Labute approximate surface area is 237 Å². The highest BCUT2D eigenvalue weighted by Crippen LogP contribution is 2.21. The minimum Gasteiger partial charge on any atom is -0.466 e. The van der Waals surface area contributed by atoms with Crippen molar-refractivity contribution in [2.24, 2.45) is 23.7 Å². The minimum absolute atomic E-state index is 0.00824. The Morgan fingerprint density at radius 3 is 1.32 bits per heavy atom. The standard InChI is InChI=1S/C34H66O4/c1-29(2)23-21-27-37-33(35)26-20-18-16-14-12-10-8-7-9-11-13-15-17-19-25-31(5)32(6)34(36)38-28-22-24-30(3)4/h29-32H,7-28H2,1-6H3. The van der Waals surface area contributed by atoms with Gasteiger partial charge in [0.15, 0.2) is 0 Å². The van der Waals surface area contributed by atoms with Gasteiger partial charge in [-0.2, -0.15) is 0 Å². The van der Waals surface area contributed by atoms with Gasteiger partial charge in [-0.25, -0.2) is 0 Å². The van der Waals surface area contributed by atoms with Crippen molar-refractivity contribution >= 4 is 11.9 Å². The molecule has 0 saturated carbocycles. The topological polar surface area (TPSA) is 52.6 Å². The van der Waals surface area contributed by atoms with Crippen molar-refractivity contribution in [2.75, 3.05) is 13.2 Å². The third-order valence-corrected chi connectivity index (χ3v) is 7.87. The summed E-state index contributed by atoms with van der Waals surface area (Å²) in [7, 11) is 0. The van der Waals surface area contributed by atoms with Gasteiger partial charge in [-0.15, -0.1) is 0 Å². The highest BCUT2D eigenvalue weighted by Gasteiger charge is 2.21. The third-order valence-electron chi connectivity index (χ3n) is 7.87. The summed E-state index contributed by atoms with van der Waals surface area (Å²) in [5.41, 5.74) is 0. The van der Waals surface area contributed by atoms with E-state index in [4.69, 9.17) is 9.47 Å². The Kier molecular flexibility index (Phi) is 25.4. The largest absolute Gasteiger partial charge is 0.466 e. The zero-order valence-corrected chi connectivity index (χ0v) is 26.5. The van der Waals surface area contributed by atoms with Crippen LogP contribution in [0.3, 0.4) is 0 Å². The first-order valence-corrected chi connectivity index (χ1v) is 16.6. The summed E-state index contributed by atoms with van der Waals surface area (Å²) in [5, 5.41) is 0. The van der Waals surface area contributed by atoms with Gasteiger partial charge < -0.3 is 9.47 Å². The molecule has 0 amide bonds. The summed E-state index contributed by atoms with van der Waals surface area (Å²) < 4.78 is 10.8. The highest BCUT2D eigenvalue weighted by molar-refractivity contribution is 5.72. The van der Waals surface area contributed by atoms with Gasteiger partial charge in [0.25, 0.3) is 0 Å². The fourth-order valence-corrected chi connectivity index (χ4v) is 4.88. The summed E-state index contributed by atoms with van der Waals surface area (Å²) in [6, 6.07) is 0. The van der Waals surface area contributed by atoms with Crippen LogP contribution in [0.2, 0.25) is 0 Å². The average molecular weight is 539 g/mol. The first kappa shape index (κ1) is 36.9. The molecule has 0 aliphatic heterocycles. The van der Waals surface area contributed by atoms with E-state index in [0.717, 1.165) is 44.9 Å². The number of ether oxygens (including phenoxy) is 2. The molecule has 0 rings (SSSR count). The molecule has 0 aromatic heterocycles. The fourth-order valence-electron chi connectivity index (χ4n) is 4.88. The van der Waals surface area contributed by atoms with Crippen LogP contribution in [0.4, 0.5) is 0 Å².